The van der Waals surface area contributed by atoms with Gasteiger partial charge >= 0.3 is 5.97 Å². The first-order valence-electron chi connectivity index (χ1n) is 9.34. The fraction of sp³-hybridized carbons (Fsp3) is 0.400. The molecule has 1 saturated heterocycles. The van der Waals surface area contributed by atoms with Crippen LogP contribution >= 0.6 is 0 Å². The van der Waals surface area contributed by atoms with Gasteiger partial charge < -0.3 is 24.4 Å². The van der Waals surface area contributed by atoms with E-state index < -0.39 is 18.0 Å². The summed E-state index contributed by atoms with van der Waals surface area (Å²) in [6, 6.07) is 8.29. The van der Waals surface area contributed by atoms with E-state index in [-0.39, 0.29) is 5.69 Å². The van der Waals surface area contributed by atoms with Gasteiger partial charge in [0, 0.05) is 19.2 Å². The molecule has 0 radical (unpaired) electrons. The van der Waals surface area contributed by atoms with Crippen LogP contribution in [0.5, 0.6) is 11.5 Å². The molecule has 1 unspecified atom stereocenters. The quantitative estimate of drug-likeness (QED) is 0.706. The van der Waals surface area contributed by atoms with Crippen LogP contribution in [0.4, 0.5) is 11.5 Å². The molecule has 0 aliphatic carbocycles. The van der Waals surface area contributed by atoms with Crippen molar-refractivity contribution in [2.45, 2.75) is 25.9 Å². The van der Waals surface area contributed by atoms with E-state index in [1.54, 1.807) is 30.3 Å². The molecule has 2 aromatic rings. The van der Waals surface area contributed by atoms with Gasteiger partial charge in [-0.15, -0.1) is 10.2 Å². The average molecular weight is 400 g/mol. The molecule has 1 N–H and O–H groups in total. The zero-order chi connectivity index (χ0) is 20.8. The Morgan fingerprint density at radius 3 is 2.45 bits per heavy atom. The molecule has 154 valence electrons. The summed E-state index contributed by atoms with van der Waals surface area (Å²) in [5, 5.41) is 10.7. The smallest absolute Gasteiger partial charge is 0.359 e. The molecule has 0 saturated carbocycles. The zero-order valence-corrected chi connectivity index (χ0v) is 16.7. The van der Waals surface area contributed by atoms with Gasteiger partial charge in [0.1, 0.15) is 11.5 Å². The average Bonchev–Trinajstić information content (AvgIpc) is 3.28. The van der Waals surface area contributed by atoms with Crippen LogP contribution in [-0.2, 0) is 9.53 Å². The second-order valence-electron chi connectivity index (χ2n) is 6.57. The highest BCUT2D eigenvalue weighted by molar-refractivity contribution is 5.97. The minimum Gasteiger partial charge on any atom is -0.497 e. The first-order chi connectivity index (χ1) is 14.0. The maximum Gasteiger partial charge on any atom is 0.359 e. The minimum absolute atomic E-state index is 0.0477. The number of carbonyl (C=O) groups excluding carboxylic acids is 2. The van der Waals surface area contributed by atoms with Crippen molar-refractivity contribution in [2.75, 3.05) is 37.5 Å². The maximum absolute atomic E-state index is 12.4. The Balaban J connectivity index is 1.61. The van der Waals surface area contributed by atoms with Gasteiger partial charge in [0.05, 0.1) is 19.9 Å². The largest absolute Gasteiger partial charge is 0.497 e. The Morgan fingerprint density at radius 1 is 1.07 bits per heavy atom. The SMILES string of the molecule is COc1ccc(OC)c(NC(=O)C(C)OC(=O)c2ccc(N3CCCC3)nn2)c1. The normalized spacial score (nSPS) is 14.2. The standard InChI is InChI=1S/C20H24N4O5/c1-13(19(25)21-16-12-14(27-2)6-8-17(16)28-3)29-20(26)15-7-9-18(23-22-15)24-10-4-5-11-24/h6-9,12-13H,4-5,10-11H2,1-3H3,(H,21,25). The summed E-state index contributed by atoms with van der Waals surface area (Å²) in [6.45, 7) is 3.35. The van der Waals surface area contributed by atoms with Crippen LogP contribution < -0.4 is 19.7 Å². The van der Waals surface area contributed by atoms with Crippen molar-refractivity contribution in [3.05, 3.63) is 36.0 Å². The molecule has 29 heavy (non-hydrogen) atoms. The molecule has 0 spiro atoms. The van der Waals surface area contributed by atoms with E-state index in [1.165, 1.54) is 21.1 Å². The van der Waals surface area contributed by atoms with E-state index in [9.17, 15) is 9.59 Å². The summed E-state index contributed by atoms with van der Waals surface area (Å²) < 4.78 is 15.6. The van der Waals surface area contributed by atoms with Crippen molar-refractivity contribution in [1.29, 1.82) is 0 Å². The van der Waals surface area contributed by atoms with E-state index in [1.807, 2.05) is 0 Å². The number of methoxy groups -OCH3 is 2. The topological polar surface area (TPSA) is 103 Å². The van der Waals surface area contributed by atoms with Crippen LogP contribution in [0.2, 0.25) is 0 Å². The molecule has 1 aliphatic heterocycles. The lowest BCUT2D eigenvalue weighted by Crippen LogP contribution is -2.30. The molecule has 1 aromatic heterocycles. The van der Waals surface area contributed by atoms with Crippen LogP contribution in [0.25, 0.3) is 0 Å². The lowest BCUT2D eigenvalue weighted by Gasteiger charge is -2.16. The van der Waals surface area contributed by atoms with Crippen molar-refractivity contribution in [3.8, 4) is 11.5 Å². The number of carbonyl (C=O) groups is 2. The summed E-state index contributed by atoms with van der Waals surface area (Å²) >= 11 is 0. The number of benzene rings is 1. The van der Waals surface area contributed by atoms with Crippen LogP contribution in [0.1, 0.15) is 30.3 Å². The van der Waals surface area contributed by atoms with Crippen LogP contribution in [0.15, 0.2) is 30.3 Å². The fourth-order valence-electron chi connectivity index (χ4n) is 2.97. The summed E-state index contributed by atoms with van der Waals surface area (Å²) in [6.07, 6.45) is 1.20. The molecular formula is C20H24N4O5. The van der Waals surface area contributed by atoms with Crippen molar-refractivity contribution < 1.29 is 23.8 Å². The van der Waals surface area contributed by atoms with E-state index in [0.29, 0.717) is 17.2 Å². The molecule has 3 rings (SSSR count). The third-order valence-electron chi connectivity index (χ3n) is 4.61. The van der Waals surface area contributed by atoms with E-state index in [4.69, 9.17) is 14.2 Å². The number of nitrogens with zero attached hydrogens (tertiary/aromatic N) is 3. The molecular weight excluding hydrogens is 376 g/mol. The molecule has 1 atom stereocenters. The highest BCUT2D eigenvalue weighted by Gasteiger charge is 2.22. The third-order valence-corrected chi connectivity index (χ3v) is 4.61. The monoisotopic (exact) mass is 400 g/mol. The van der Waals surface area contributed by atoms with Gasteiger partial charge in [-0.1, -0.05) is 0 Å². The lowest BCUT2D eigenvalue weighted by atomic mass is 10.2. The number of hydrogen-bond donors (Lipinski definition) is 1. The van der Waals surface area contributed by atoms with Gasteiger partial charge in [-0.2, -0.15) is 0 Å². The number of amides is 1. The Hall–Kier alpha value is -3.36. The number of aromatic nitrogens is 2. The lowest BCUT2D eigenvalue weighted by molar-refractivity contribution is -0.123. The van der Waals surface area contributed by atoms with Crippen LogP contribution in [0, 0.1) is 0 Å². The highest BCUT2D eigenvalue weighted by Crippen LogP contribution is 2.29. The molecule has 9 heteroatoms. The first-order valence-corrected chi connectivity index (χ1v) is 9.34. The fourth-order valence-corrected chi connectivity index (χ4v) is 2.97. The van der Waals surface area contributed by atoms with Gasteiger partial charge in [-0.3, -0.25) is 4.79 Å². The number of hydrogen-bond acceptors (Lipinski definition) is 8. The molecule has 1 aromatic carbocycles. The summed E-state index contributed by atoms with van der Waals surface area (Å²) in [4.78, 5) is 26.9. The van der Waals surface area contributed by atoms with Crippen molar-refractivity contribution in [2.24, 2.45) is 0 Å². The van der Waals surface area contributed by atoms with E-state index in [2.05, 4.69) is 20.4 Å². The molecule has 1 amide bonds. The van der Waals surface area contributed by atoms with E-state index in [0.717, 1.165) is 31.7 Å². The second-order valence-corrected chi connectivity index (χ2v) is 6.57. The van der Waals surface area contributed by atoms with E-state index >= 15 is 0 Å². The van der Waals surface area contributed by atoms with Gasteiger partial charge in [0.15, 0.2) is 17.6 Å². The van der Waals surface area contributed by atoms with Crippen LogP contribution in [0.3, 0.4) is 0 Å². The number of anilines is 2. The number of rotatable bonds is 7. The first kappa shape index (κ1) is 20.4. The maximum atomic E-state index is 12.4. The second kappa shape index (κ2) is 9.22. The number of nitrogens with one attached hydrogen (secondary N) is 1. The Morgan fingerprint density at radius 2 is 1.83 bits per heavy atom. The highest BCUT2D eigenvalue weighted by atomic mass is 16.5. The number of ether oxygens (including phenoxy) is 3. The van der Waals surface area contributed by atoms with Crippen molar-refractivity contribution >= 4 is 23.4 Å². The third kappa shape index (κ3) is 4.92. The Kier molecular flexibility index (Phi) is 6.48. The van der Waals surface area contributed by atoms with Crippen molar-refractivity contribution in [3.63, 3.8) is 0 Å². The summed E-state index contributed by atoms with van der Waals surface area (Å²) in [7, 11) is 3.01. The van der Waals surface area contributed by atoms with Gasteiger partial charge in [0.2, 0.25) is 0 Å². The zero-order valence-electron chi connectivity index (χ0n) is 16.7. The van der Waals surface area contributed by atoms with Gasteiger partial charge in [-0.05, 0) is 44.0 Å². The van der Waals surface area contributed by atoms with Gasteiger partial charge in [-0.25, -0.2) is 4.79 Å². The van der Waals surface area contributed by atoms with Gasteiger partial charge in [0.25, 0.3) is 5.91 Å². The van der Waals surface area contributed by atoms with Crippen molar-refractivity contribution in [1.82, 2.24) is 10.2 Å². The molecule has 0 bridgehead atoms. The molecule has 9 nitrogen and oxygen atoms in total. The molecule has 1 aliphatic rings. The number of esters is 1. The summed E-state index contributed by atoms with van der Waals surface area (Å²) in [5.41, 5.74) is 0.459. The molecule has 2 heterocycles. The Bertz CT molecular complexity index is 866. The summed E-state index contributed by atoms with van der Waals surface area (Å²) in [5.74, 6) is 0.521. The van der Waals surface area contributed by atoms with Crippen LogP contribution in [-0.4, -0.2) is 55.5 Å². The predicted octanol–water partition coefficient (Wildman–Crippen LogP) is 2.28. The Labute approximate surface area is 169 Å². The predicted molar refractivity (Wildman–Crippen MR) is 107 cm³/mol. The molecule has 1 fully saturated rings. The minimum atomic E-state index is -1.04.